The number of aryl methyl sites for hydroxylation is 1. The lowest BCUT2D eigenvalue weighted by Crippen LogP contribution is -1.88. The molecule has 0 aliphatic heterocycles. The van der Waals surface area contributed by atoms with Gasteiger partial charge >= 0.3 is 0 Å². The van der Waals surface area contributed by atoms with Gasteiger partial charge in [-0.25, -0.2) is 0 Å². The summed E-state index contributed by atoms with van der Waals surface area (Å²) in [6, 6.07) is 34.8. The maximum absolute atomic E-state index is 3.91. The van der Waals surface area contributed by atoms with Gasteiger partial charge in [-0.15, -0.1) is 0 Å². The molecule has 0 spiro atoms. The second kappa shape index (κ2) is 6.92. The van der Waals surface area contributed by atoms with E-state index >= 15 is 0 Å². The van der Waals surface area contributed by atoms with Gasteiger partial charge in [-0.05, 0) is 66.7 Å². The summed E-state index contributed by atoms with van der Waals surface area (Å²) < 4.78 is 1.16. The molecular formula is C27H19Br. The summed E-state index contributed by atoms with van der Waals surface area (Å²) in [7, 11) is 0. The summed E-state index contributed by atoms with van der Waals surface area (Å²) in [5, 5.41) is 5.10. The first-order chi connectivity index (χ1) is 13.7. The molecule has 0 nitrogen and oxygen atoms in total. The van der Waals surface area contributed by atoms with E-state index < -0.39 is 0 Å². The van der Waals surface area contributed by atoms with Crippen LogP contribution >= 0.6 is 15.9 Å². The van der Waals surface area contributed by atoms with Crippen LogP contribution in [0.3, 0.4) is 0 Å². The van der Waals surface area contributed by atoms with Crippen LogP contribution in [0.25, 0.3) is 43.8 Å². The van der Waals surface area contributed by atoms with Crippen LogP contribution in [0, 0.1) is 6.92 Å². The average molecular weight is 423 g/mol. The van der Waals surface area contributed by atoms with Gasteiger partial charge in [0.1, 0.15) is 0 Å². The minimum Gasteiger partial charge on any atom is -0.0620 e. The first-order valence-corrected chi connectivity index (χ1v) is 10.3. The van der Waals surface area contributed by atoms with Gasteiger partial charge in [-0.2, -0.15) is 0 Å². The number of hydrogen-bond acceptors (Lipinski definition) is 0. The molecular weight excluding hydrogens is 404 g/mol. The maximum Gasteiger partial charge on any atom is 0.0338 e. The molecule has 5 aromatic carbocycles. The predicted octanol–water partition coefficient (Wildman–Crippen LogP) is 8.40. The van der Waals surface area contributed by atoms with Crippen molar-refractivity contribution in [1.29, 1.82) is 0 Å². The largest absolute Gasteiger partial charge is 0.0620 e. The van der Waals surface area contributed by atoms with Crippen molar-refractivity contribution in [2.45, 2.75) is 6.92 Å². The molecule has 0 aliphatic carbocycles. The molecule has 0 radical (unpaired) electrons. The lowest BCUT2D eigenvalue weighted by atomic mass is 9.92. The summed E-state index contributed by atoms with van der Waals surface area (Å²) in [4.78, 5) is 0. The number of halogens is 1. The van der Waals surface area contributed by atoms with Crippen LogP contribution in [-0.4, -0.2) is 0 Å². The van der Waals surface area contributed by atoms with Crippen molar-refractivity contribution in [1.82, 2.24) is 0 Å². The van der Waals surface area contributed by atoms with Crippen molar-refractivity contribution in [2.24, 2.45) is 0 Å². The van der Waals surface area contributed by atoms with Crippen LogP contribution < -0.4 is 0 Å². The van der Waals surface area contributed by atoms with Crippen LogP contribution in [0.1, 0.15) is 5.56 Å². The number of fused-ring (bicyclic) bond motifs is 3. The van der Waals surface area contributed by atoms with E-state index in [-0.39, 0.29) is 0 Å². The Labute approximate surface area is 173 Å². The van der Waals surface area contributed by atoms with Gasteiger partial charge in [0.25, 0.3) is 0 Å². The fraction of sp³-hybridized carbons (Fsp3) is 0.0370. The molecule has 0 aliphatic rings. The Kier molecular flexibility index (Phi) is 4.26. The molecule has 5 aromatic rings. The Balaban J connectivity index is 1.75. The topological polar surface area (TPSA) is 0 Å². The van der Waals surface area contributed by atoms with Gasteiger partial charge in [0.05, 0.1) is 0 Å². The molecule has 28 heavy (non-hydrogen) atoms. The fourth-order valence-electron chi connectivity index (χ4n) is 4.09. The Hall–Kier alpha value is -2.90. The molecule has 0 saturated heterocycles. The van der Waals surface area contributed by atoms with Crippen LogP contribution in [0.2, 0.25) is 0 Å². The maximum atomic E-state index is 3.91. The molecule has 0 fully saturated rings. The molecule has 1 heteroatoms. The van der Waals surface area contributed by atoms with Gasteiger partial charge in [0.15, 0.2) is 0 Å². The van der Waals surface area contributed by atoms with Crippen LogP contribution in [-0.2, 0) is 0 Å². The second-order valence-corrected chi connectivity index (χ2v) is 7.97. The van der Waals surface area contributed by atoms with E-state index in [4.69, 9.17) is 0 Å². The molecule has 0 N–H and O–H groups in total. The summed E-state index contributed by atoms with van der Waals surface area (Å²) in [5.41, 5.74) is 6.32. The zero-order valence-corrected chi connectivity index (χ0v) is 17.2. The molecule has 134 valence electrons. The van der Waals surface area contributed by atoms with Crippen molar-refractivity contribution in [3.8, 4) is 22.3 Å². The third-order valence-corrected chi connectivity index (χ3v) is 6.32. The zero-order chi connectivity index (χ0) is 19.1. The minimum absolute atomic E-state index is 1.16. The van der Waals surface area contributed by atoms with Gasteiger partial charge in [0.2, 0.25) is 0 Å². The van der Waals surface area contributed by atoms with Crippen molar-refractivity contribution in [3.63, 3.8) is 0 Å². The monoisotopic (exact) mass is 422 g/mol. The minimum atomic E-state index is 1.16. The van der Waals surface area contributed by atoms with Gasteiger partial charge in [-0.3, -0.25) is 0 Å². The molecule has 0 unspecified atom stereocenters. The van der Waals surface area contributed by atoms with Crippen LogP contribution in [0.5, 0.6) is 0 Å². The van der Waals surface area contributed by atoms with E-state index in [1.807, 2.05) is 0 Å². The average Bonchev–Trinajstić information content (AvgIpc) is 2.75. The first-order valence-electron chi connectivity index (χ1n) is 9.49. The van der Waals surface area contributed by atoms with E-state index in [0.717, 1.165) is 4.47 Å². The van der Waals surface area contributed by atoms with E-state index in [1.165, 1.54) is 49.4 Å². The highest BCUT2D eigenvalue weighted by Crippen LogP contribution is 2.42. The third kappa shape index (κ3) is 2.75. The van der Waals surface area contributed by atoms with E-state index in [1.54, 1.807) is 0 Å². The van der Waals surface area contributed by atoms with Gasteiger partial charge in [0, 0.05) is 10.0 Å². The standard InChI is InChI=1S/C27H19Br/c1-18-8-2-3-9-21(18)19-14-16-20(17-15-19)26-24-12-6-4-10-22(24)23-11-5-7-13-25(23)27(26)28/h2-17H,1H3. The van der Waals surface area contributed by atoms with Crippen molar-refractivity contribution in [3.05, 3.63) is 107 Å². The summed E-state index contributed by atoms with van der Waals surface area (Å²) in [6.45, 7) is 2.16. The zero-order valence-electron chi connectivity index (χ0n) is 15.6. The second-order valence-electron chi connectivity index (χ2n) is 7.17. The fourth-order valence-corrected chi connectivity index (χ4v) is 4.88. The molecule has 0 bridgehead atoms. The first kappa shape index (κ1) is 17.2. The van der Waals surface area contributed by atoms with Crippen LogP contribution in [0.15, 0.2) is 102 Å². The highest BCUT2D eigenvalue weighted by atomic mass is 79.9. The molecule has 0 saturated carbocycles. The van der Waals surface area contributed by atoms with Crippen molar-refractivity contribution in [2.75, 3.05) is 0 Å². The number of benzene rings is 5. The van der Waals surface area contributed by atoms with E-state index in [9.17, 15) is 0 Å². The van der Waals surface area contributed by atoms with E-state index in [2.05, 4.69) is 120 Å². The Morgan fingerprint density at radius 3 is 1.68 bits per heavy atom. The van der Waals surface area contributed by atoms with Crippen molar-refractivity contribution < 1.29 is 0 Å². The SMILES string of the molecule is Cc1ccccc1-c1ccc(-c2c(Br)c3ccccc3c3ccccc23)cc1. The highest BCUT2D eigenvalue weighted by molar-refractivity contribution is 9.10. The lowest BCUT2D eigenvalue weighted by Gasteiger charge is -2.15. The molecule has 0 amide bonds. The lowest BCUT2D eigenvalue weighted by molar-refractivity contribution is 1.46. The molecule has 0 aromatic heterocycles. The predicted molar refractivity (Wildman–Crippen MR) is 125 cm³/mol. The molecule has 0 atom stereocenters. The number of rotatable bonds is 2. The Bertz CT molecular complexity index is 1310. The highest BCUT2D eigenvalue weighted by Gasteiger charge is 2.14. The van der Waals surface area contributed by atoms with Gasteiger partial charge in [-0.1, -0.05) is 97.1 Å². The quantitative estimate of drug-likeness (QED) is 0.250. The normalized spacial score (nSPS) is 11.2. The Morgan fingerprint density at radius 1 is 0.500 bits per heavy atom. The number of hydrogen-bond donors (Lipinski definition) is 0. The summed E-state index contributed by atoms with van der Waals surface area (Å²) in [5.74, 6) is 0. The summed E-state index contributed by atoms with van der Waals surface area (Å²) >= 11 is 3.91. The van der Waals surface area contributed by atoms with E-state index in [0.29, 0.717) is 0 Å². The molecule has 5 rings (SSSR count). The summed E-state index contributed by atoms with van der Waals surface area (Å²) in [6.07, 6.45) is 0. The van der Waals surface area contributed by atoms with Gasteiger partial charge < -0.3 is 0 Å². The smallest absolute Gasteiger partial charge is 0.0338 e. The molecule has 0 heterocycles. The van der Waals surface area contributed by atoms with Crippen molar-refractivity contribution >= 4 is 37.5 Å². The third-order valence-electron chi connectivity index (χ3n) is 5.50. The Morgan fingerprint density at radius 2 is 1.00 bits per heavy atom. The van der Waals surface area contributed by atoms with Crippen LogP contribution in [0.4, 0.5) is 0 Å².